The predicted octanol–water partition coefficient (Wildman–Crippen LogP) is 4.10. The van der Waals surface area contributed by atoms with E-state index in [-0.39, 0.29) is 18.1 Å². The minimum atomic E-state index is -0.483. The molecule has 0 saturated carbocycles. The van der Waals surface area contributed by atoms with Gasteiger partial charge in [0.15, 0.2) is 11.6 Å². The monoisotopic (exact) mass is 274 g/mol. The molecule has 2 aromatic rings. The van der Waals surface area contributed by atoms with E-state index >= 15 is 0 Å². The summed E-state index contributed by atoms with van der Waals surface area (Å²) in [5.41, 5.74) is 1.04. The molecule has 2 rings (SSSR count). The Morgan fingerprint density at radius 3 is 2.50 bits per heavy atom. The summed E-state index contributed by atoms with van der Waals surface area (Å²) in [6.45, 7) is 3.78. The zero-order chi connectivity index (χ0) is 14.5. The summed E-state index contributed by atoms with van der Waals surface area (Å²) in [6, 6.07) is 11.2. The number of esters is 1. The van der Waals surface area contributed by atoms with Gasteiger partial charge in [0, 0.05) is 0 Å². The SMILES string of the molecule is CCOC(=O)c1c(C)cccc1Oc1ccccc1F. The molecule has 104 valence electrons. The van der Waals surface area contributed by atoms with E-state index in [1.807, 2.05) is 0 Å². The number of para-hydroxylation sites is 1. The third-order valence-electron chi connectivity index (χ3n) is 2.77. The van der Waals surface area contributed by atoms with Crippen LogP contribution in [0.25, 0.3) is 0 Å². The van der Waals surface area contributed by atoms with Gasteiger partial charge in [0.25, 0.3) is 0 Å². The summed E-state index contributed by atoms with van der Waals surface area (Å²) >= 11 is 0. The van der Waals surface area contributed by atoms with Crippen molar-refractivity contribution in [1.29, 1.82) is 0 Å². The molecule has 0 aliphatic rings. The Morgan fingerprint density at radius 2 is 1.80 bits per heavy atom. The van der Waals surface area contributed by atoms with Gasteiger partial charge in [-0.15, -0.1) is 0 Å². The first-order valence-corrected chi connectivity index (χ1v) is 6.32. The third kappa shape index (κ3) is 2.96. The second-order valence-electron chi connectivity index (χ2n) is 4.20. The molecular formula is C16H15FO3. The molecule has 0 saturated heterocycles. The van der Waals surface area contributed by atoms with E-state index in [4.69, 9.17) is 9.47 Å². The van der Waals surface area contributed by atoms with E-state index in [0.29, 0.717) is 5.56 Å². The Balaban J connectivity index is 2.39. The lowest BCUT2D eigenvalue weighted by Gasteiger charge is -2.13. The molecular weight excluding hydrogens is 259 g/mol. The van der Waals surface area contributed by atoms with E-state index in [1.165, 1.54) is 12.1 Å². The number of rotatable bonds is 4. The van der Waals surface area contributed by atoms with E-state index in [0.717, 1.165) is 5.56 Å². The molecule has 3 nitrogen and oxygen atoms in total. The minimum absolute atomic E-state index is 0.0728. The van der Waals surface area contributed by atoms with Crippen LogP contribution in [-0.4, -0.2) is 12.6 Å². The maximum atomic E-state index is 13.6. The molecule has 0 N–H and O–H groups in total. The average molecular weight is 274 g/mol. The lowest BCUT2D eigenvalue weighted by atomic mass is 10.1. The Kier molecular flexibility index (Phi) is 4.35. The zero-order valence-electron chi connectivity index (χ0n) is 11.4. The van der Waals surface area contributed by atoms with Crippen molar-refractivity contribution < 1.29 is 18.7 Å². The lowest BCUT2D eigenvalue weighted by Crippen LogP contribution is -2.08. The summed E-state index contributed by atoms with van der Waals surface area (Å²) in [6.07, 6.45) is 0. The molecule has 0 atom stereocenters. The molecule has 20 heavy (non-hydrogen) atoms. The Labute approximate surface area is 117 Å². The van der Waals surface area contributed by atoms with Crippen molar-refractivity contribution in [3.63, 3.8) is 0 Å². The van der Waals surface area contributed by atoms with Crippen LogP contribution in [0.5, 0.6) is 11.5 Å². The summed E-state index contributed by atoms with van der Waals surface area (Å²) in [5.74, 6) is -0.599. The van der Waals surface area contributed by atoms with Crippen molar-refractivity contribution in [3.05, 3.63) is 59.4 Å². The van der Waals surface area contributed by atoms with Gasteiger partial charge in [-0.1, -0.05) is 24.3 Å². The second kappa shape index (κ2) is 6.19. The average Bonchev–Trinajstić information content (AvgIpc) is 2.42. The van der Waals surface area contributed by atoms with Crippen LogP contribution in [0.3, 0.4) is 0 Å². The molecule has 0 unspecified atom stereocenters. The van der Waals surface area contributed by atoms with Crippen LogP contribution >= 0.6 is 0 Å². The Bertz CT molecular complexity index is 623. The summed E-state index contributed by atoms with van der Waals surface area (Å²) in [4.78, 5) is 12.0. The number of carbonyl (C=O) groups excluding carboxylic acids is 1. The normalized spacial score (nSPS) is 10.2. The fourth-order valence-electron chi connectivity index (χ4n) is 1.84. The summed E-state index contributed by atoms with van der Waals surface area (Å²) < 4.78 is 24.1. The van der Waals surface area contributed by atoms with Crippen LogP contribution < -0.4 is 4.74 Å². The van der Waals surface area contributed by atoms with Crippen molar-refractivity contribution in [2.45, 2.75) is 13.8 Å². The third-order valence-corrected chi connectivity index (χ3v) is 2.77. The van der Waals surface area contributed by atoms with Gasteiger partial charge in [-0.05, 0) is 37.6 Å². The van der Waals surface area contributed by atoms with Gasteiger partial charge >= 0.3 is 5.97 Å². The summed E-state index contributed by atoms with van der Waals surface area (Å²) in [7, 11) is 0. The fraction of sp³-hybridized carbons (Fsp3) is 0.188. The lowest BCUT2D eigenvalue weighted by molar-refractivity contribution is 0.0522. The molecule has 0 bridgehead atoms. The number of aryl methyl sites for hydroxylation is 1. The number of benzene rings is 2. The van der Waals surface area contributed by atoms with Gasteiger partial charge in [0.1, 0.15) is 11.3 Å². The van der Waals surface area contributed by atoms with E-state index in [9.17, 15) is 9.18 Å². The highest BCUT2D eigenvalue weighted by molar-refractivity contribution is 5.94. The molecule has 0 amide bonds. The first-order chi connectivity index (χ1) is 9.63. The smallest absolute Gasteiger partial charge is 0.342 e. The van der Waals surface area contributed by atoms with Crippen molar-refractivity contribution in [2.24, 2.45) is 0 Å². The molecule has 2 aromatic carbocycles. The van der Waals surface area contributed by atoms with Crippen LogP contribution in [0.4, 0.5) is 4.39 Å². The molecule has 0 aliphatic heterocycles. The van der Waals surface area contributed by atoms with Crippen LogP contribution in [0.2, 0.25) is 0 Å². The first kappa shape index (κ1) is 14.1. The van der Waals surface area contributed by atoms with Crippen molar-refractivity contribution in [3.8, 4) is 11.5 Å². The molecule has 0 radical (unpaired) electrons. The highest BCUT2D eigenvalue weighted by Gasteiger charge is 2.17. The highest BCUT2D eigenvalue weighted by atomic mass is 19.1. The van der Waals surface area contributed by atoms with E-state index < -0.39 is 11.8 Å². The number of halogens is 1. The second-order valence-corrected chi connectivity index (χ2v) is 4.20. The van der Waals surface area contributed by atoms with Crippen molar-refractivity contribution >= 4 is 5.97 Å². The van der Waals surface area contributed by atoms with Crippen molar-refractivity contribution in [2.75, 3.05) is 6.61 Å². The zero-order valence-corrected chi connectivity index (χ0v) is 11.4. The van der Waals surface area contributed by atoms with Crippen LogP contribution in [0.1, 0.15) is 22.8 Å². The standard InChI is InChI=1S/C16H15FO3/c1-3-19-16(18)15-11(2)7-6-10-14(15)20-13-9-5-4-8-12(13)17/h4-10H,3H2,1-2H3. The van der Waals surface area contributed by atoms with Gasteiger partial charge in [-0.2, -0.15) is 0 Å². The maximum absolute atomic E-state index is 13.6. The molecule has 0 aromatic heterocycles. The topological polar surface area (TPSA) is 35.5 Å². The molecule has 0 heterocycles. The number of hydrogen-bond donors (Lipinski definition) is 0. The van der Waals surface area contributed by atoms with Gasteiger partial charge in [0.2, 0.25) is 0 Å². The van der Waals surface area contributed by atoms with Crippen LogP contribution in [-0.2, 0) is 4.74 Å². The number of ether oxygens (including phenoxy) is 2. The summed E-state index contributed by atoms with van der Waals surface area (Å²) in [5, 5.41) is 0. The quantitative estimate of drug-likeness (QED) is 0.787. The minimum Gasteiger partial charge on any atom is -0.462 e. The molecule has 0 aliphatic carbocycles. The molecule has 0 spiro atoms. The first-order valence-electron chi connectivity index (χ1n) is 6.32. The van der Waals surface area contributed by atoms with E-state index in [2.05, 4.69) is 0 Å². The van der Waals surface area contributed by atoms with Crippen LogP contribution in [0.15, 0.2) is 42.5 Å². The van der Waals surface area contributed by atoms with Crippen molar-refractivity contribution in [1.82, 2.24) is 0 Å². The fourth-order valence-corrected chi connectivity index (χ4v) is 1.84. The molecule has 0 fully saturated rings. The maximum Gasteiger partial charge on any atom is 0.342 e. The highest BCUT2D eigenvalue weighted by Crippen LogP contribution is 2.29. The number of carbonyl (C=O) groups is 1. The van der Waals surface area contributed by atoms with Crippen LogP contribution in [0, 0.1) is 12.7 Å². The largest absolute Gasteiger partial charge is 0.462 e. The van der Waals surface area contributed by atoms with Gasteiger partial charge < -0.3 is 9.47 Å². The molecule has 4 heteroatoms. The Morgan fingerprint density at radius 1 is 1.10 bits per heavy atom. The van der Waals surface area contributed by atoms with Gasteiger partial charge in [-0.3, -0.25) is 0 Å². The van der Waals surface area contributed by atoms with Gasteiger partial charge in [-0.25, -0.2) is 9.18 Å². The van der Waals surface area contributed by atoms with Gasteiger partial charge in [0.05, 0.1) is 6.61 Å². The predicted molar refractivity (Wildman–Crippen MR) is 73.6 cm³/mol. The number of hydrogen-bond acceptors (Lipinski definition) is 3. The Hall–Kier alpha value is -2.36. The van der Waals surface area contributed by atoms with E-state index in [1.54, 1.807) is 44.2 Å².